The molecule has 0 amide bonds. The van der Waals surface area contributed by atoms with Gasteiger partial charge in [0, 0.05) is 17.6 Å². The maximum absolute atomic E-state index is 11.8. The van der Waals surface area contributed by atoms with Gasteiger partial charge in [-0.2, -0.15) is 12.6 Å². The molecule has 2 rings (SSSR count). The number of ketones is 1. The number of hydrogen-bond donors (Lipinski definition) is 1. The number of carbonyl (C=O) groups excluding carboxylic acids is 1. The first-order valence-electron chi connectivity index (χ1n) is 4.69. The van der Waals surface area contributed by atoms with Crippen LogP contribution in [-0.2, 0) is 4.79 Å². The highest BCUT2D eigenvalue weighted by Gasteiger charge is 2.63. The Labute approximate surface area is 79.3 Å². The lowest BCUT2D eigenvalue weighted by Gasteiger charge is -2.34. The Morgan fingerprint density at radius 2 is 2.25 bits per heavy atom. The molecule has 2 atom stereocenters. The minimum absolute atomic E-state index is 0.0687. The van der Waals surface area contributed by atoms with Crippen LogP contribution in [0.4, 0.5) is 0 Å². The molecule has 68 valence electrons. The molecule has 0 heterocycles. The lowest BCUT2D eigenvalue weighted by Crippen LogP contribution is -2.37. The summed E-state index contributed by atoms with van der Waals surface area (Å²) in [6, 6.07) is 0. The summed E-state index contributed by atoms with van der Waals surface area (Å²) < 4.78 is 0. The quantitative estimate of drug-likeness (QED) is 0.619. The minimum Gasteiger partial charge on any atom is -0.299 e. The molecule has 0 aromatic heterocycles. The molecule has 2 bridgehead atoms. The molecule has 2 unspecified atom stereocenters. The largest absolute Gasteiger partial charge is 0.299 e. The Kier molecular flexibility index (Phi) is 1.64. The van der Waals surface area contributed by atoms with Crippen molar-refractivity contribution in [2.24, 2.45) is 16.7 Å². The van der Waals surface area contributed by atoms with Crippen molar-refractivity contribution >= 4 is 18.4 Å². The molecule has 0 aliphatic heterocycles. The number of fused-ring (bicyclic) bond motifs is 2. The third-order valence-electron chi connectivity index (χ3n) is 4.41. The fourth-order valence-corrected chi connectivity index (χ4v) is 3.88. The van der Waals surface area contributed by atoms with Crippen LogP contribution in [0.15, 0.2) is 0 Å². The van der Waals surface area contributed by atoms with E-state index < -0.39 is 0 Å². The standard InChI is InChI=1S/C10H16OS/c1-9(2)7-3-4-10(9,6-12)8(11)5-7/h7,12H,3-6H2,1-2H3. The first kappa shape index (κ1) is 8.61. The molecule has 0 aromatic carbocycles. The highest BCUT2D eigenvalue weighted by molar-refractivity contribution is 7.80. The third-order valence-corrected chi connectivity index (χ3v) is 4.95. The lowest BCUT2D eigenvalue weighted by molar-refractivity contribution is -0.127. The van der Waals surface area contributed by atoms with E-state index in [1.54, 1.807) is 0 Å². The van der Waals surface area contributed by atoms with Crippen molar-refractivity contribution < 1.29 is 4.79 Å². The summed E-state index contributed by atoms with van der Waals surface area (Å²) in [4.78, 5) is 11.8. The highest BCUT2D eigenvalue weighted by Crippen LogP contribution is 2.64. The van der Waals surface area contributed by atoms with E-state index in [9.17, 15) is 4.79 Å². The van der Waals surface area contributed by atoms with Crippen LogP contribution in [0.2, 0.25) is 0 Å². The normalized spacial score (nSPS) is 43.9. The SMILES string of the molecule is CC1(C)C2CCC1(CS)C(=O)C2. The summed E-state index contributed by atoms with van der Waals surface area (Å²) in [7, 11) is 0. The van der Waals surface area contributed by atoms with Crippen LogP contribution in [0.3, 0.4) is 0 Å². The van der Waals surface area contributed by atoms with Crippen molar-refractivity contribution in [1.82, 2.24) is 0 Å². The Bertz CT molecular complexity index is 234. The zero-order chi connectivity index (χ0) is 8.98. The van der Waals surface area contributed by atoms with Gasteiger partial charge >= 0.3 is 0 Å². The van der Waals surface area contributed by atoms with E-state index in [0.29, 0.717) is 11.7 Å². The van der Waals surface area contributed by atoms with Gasteiger partial charge in [-0.1, -0.05) is 13.8 Å². The van der Waals surface area contributed by atoms with E-state index in [0.717, 1.165) is 18.6 Å². The zero-order valence-corrected chi connectivity index (χ0v) is 8.66. The van der Waals surface area contributed by atoms with Crippen molar-refractivity contribution in [3.63, 3.8) is 0 Å². The first-order valence-corrected chi connectivity index (χ1v) is 5.32. The molecule has 12 heavy (non-hydrogen) atoms. The average molecular weight is 184 g/mol. The first-order chi connectivity index (χ1) is 5.54. The van der Waals surface area contributed by atoms with Gasteiger partial charge in [-0.25, -0.2) is 0 Å². The van der Waals surface area contributed by atoms with Gasteiger partial charge in [0.2, 0.25) is 0 Å². The third kappa shape index (κ3) is 0.704. The Balaban J connectivity index is 2.46. The number of thiol groups is 1. The van der Waals surface area contributed by atoms with Crippen LogP contribution < -0.4 is 0 Å². The lowest BCUT2D eigenvalue weighted by atomic mass is 9.70. The van der Waals surface area contributed by atoms with E-state index in [1.165, 1.54) is 6.42 Å². The molecule has 2 aliphatic carbocycles. The van der Waals surface area contributed by atoms with E-state index >= 15 is 0 Å². The second-order valence-electron chi connectivity index (χ2n) is 4.82. The van der Waals surface area contributed by atoms with Crippen LogP contribution in [0.5, 0.6) is 0 Å². The average Bonchev–Trinajstić information content (AvgIpc) is 2.36. The second-order valence-corrected chi connectivity index (χ2v) is 5.14. The van der Waals surface area contributed by atoms with E-state index in [4.69, 9.17) is 0 Å². The molecule has 1 nitrogen and oxygen atoms in total. The Morgan fingerprint density at radius 1 is 1.58 bits per heavy atom. The predicted molar refractivity (Wildman–Crippen MR) is 52.4 cm³/mol. The van der Waals surface area contributed by atoms with Gasteiger partial charge < -0.3 is 0 Å². The monoisotopic (exact) mass is 184 g/mol. The van der Waals surface area contributed by atoms with Crippen LogP contribution >= 0.6 is 12.6 Å². The molecule has 0 N–H and O–H groups in total. The number of rotatable bonds is 1. The Morgan fingerprint density at radius 3 is 2.50 bits per heavy atom. The number of hydrogen-bond acceptors (Lipinski definition) is 2. The van der Waals surface area contributed by atoms with Gasteiger partial charge in [-0.3, -0.25) is 4.79 Å². The second kappa shape index (κ2) is 2.28. The molecule has 0 aromatic rings. The van der Waals surface area contributed by atoms with Gasteiger partial charge in [-0.15, -0.1) is 0 Å². The highest BCUT2D eigenvalue weighted by atomic mass is 32.1. The van der Waals surface area contributed by atoms with E-state index in [-0.39, 0.29) is 10.8 Å². The molecule has 2 aliphatic rings. The van der Waals surface area contributed by atoms with Crippen molar-refractivity contribution in [2.45, 2.75) is 33.1 Å². The fourth-order valence-electron chi connectivity index (χ4n) is 3.14. The maximum atomic E-state index is 11.8. The zero-order valence-electron chi connectivity index (χ0n) is 7.76. The smallest absolute Gasteiger partial charge is 0.140 e. The fraction of sp³-hybridized carbons (Fsp3) is 0.900. The van der Waals surface area contributed by atoms with Gasteiger partial charge in [0.25, 0.3) is 0 Å². The number of Topliss-reactive ketones (excluding diaryl/α,β-unsaturated/α-hetero) is 1. The minimum atomic E-state index is -0.0687. The molecule has 2 fully saturated rings. The van der Waals surface area contributed by atoms with E-state index in [2.05, 4.69) is 26.5 Å². The number of carbonyl (C=O) groups is 1. The topological polar surface area (TPSA) is 17.1 Å². The maximum Gasteiger partial charge on any atom is 0.140 e. The van der Waals surface area contributed by atoms with Gasteiger partial charge in [0.15, 0.2) is 0 Å². The molecule has 2 saturated carbocycles. The molecule has 0 spiro atoms. The molecular weight excluding hydrogens is 168 g/mol. The summed E-state index contributed by atoms with van der Waals surface area (Å²) in [5.41, 5.74) is 0.145. The molecule has 2 heteroatoms. The summed E-state index contributed by atoms with van der Waals surface area (Å²) in [6.45, 7) is 4.48. The van der Waals surface area contributed by atoms with Gasteiger partial charge in [0.05, 0.1) is 0 Å². The van der Waals surface area contributed by atoms with Crippen molar-refractivity contribution in [1.29, 1.82) is 0 Å². The van der Waals surface area contributed by atoms with E-state index in [1.807, 2.05) is 0 Å². The van der Waals surface area contributed by atoms with Gasteiger partial charge in [0.1, 0.15) is 5.78 Å². The van der Waals surface area contributed by atoms with Crippen LogP contribution in [0, 0.1) is 16.7 Å². The summed E-state index contributed by atoms with van der Waals surface area (Å²) in [5, 5.41) is 0. The summed E-state index contributed by atoms with van der Waals surface area (Å²) in [6.07, 6.45) is 3.12. The predicted octanol–water partition coefficient (Wildman–Crippen LogP) is 2.31. The summed E-state index contributed by atoms with van der Waals surface area (Å²) in [5.74, 6) is 1.85. The van der Waals surface area contributed by atoms with Crippen molar-refractivity contribution in [3.8, 4) is 0 Å². The molecule has 0 saturated heterocycles. The Hall–Kier alpha value is 0.0200. The summed E-state index contributed by atoms with van der Waals surface area (Å²) >= 11 is 4.36. The van der Waals surface area contributed by atoms with Crippen LogP contribution in [0.25, 0.3) is 0 Å². The van der Waals surface area contributed by atoms with Crippen molar-refractivity contribution in [3.05, 3.63) is 0 Å². The molecular formula is C10H16OS. The van der Waals surface area contributed by atoms with Gasteiger partial charge in [-0.05, 0) is 24.2 Å². The van der Waals surface area contributed by atoms with Crippen molar-refractivity contribution in [2.75, 3.05) is 5.75 Å². The van der Waals surface area contributed by atoms with Crippen LogP contribution in [-0.4, -0.2) is 11.5 Å². The van der Waals surface area contributed by atoms with Crippen LogP contribution in [0.1, 0.15) is 33.1 Å². The molecule has 0 radical (unpaired) electrons.